The summed E-state index contributed by atoms with van der Waals surface area (Å²) in [6.45, 7) is 1.67. The first-order valence-corrected chi connectivity index (χ1v) is 5.38. The maximum atomic E-state index is 10.9. The molecule has 15 heavy (non-hydrogen) atoms. The minimum Gasteiger partial charge on any atom is -0.480 e. The molecule has 0 saturated carbocycles. The van der Waals surface area contributed by atoms with Crippen LogP contribution in [0.15, 0.2) is 34.9 Å². The number of halogens is 1. The van der Waals surface area contributed by atoms with Crippen LogP contribution in [-0.4, -0.2) is 15.6 Å². The van der Waals surface area contributed by atoms with Crippen molar-refractivity contribution in [3.8, 4) is 0 Å². The van der Waals surface area contributed by atoms with Crippen molar-refractivity contribution >= 4 is 32.8 Å². The minimum atomic E-state index is -0.830. The molecule has 2 rings (SSSR count). The summed E-state index contributed by atoms with van der Waals surface area (Å²) < 4.78 is 2.67. The monoisotopic (exact) mass is 267 g/mol. The van der Waals surface area contributed by atoms with Gasteiger partial charge in [-0.05, 0) is 28.9 Å². The van der Waals surface area contributed by atoms with Crippen LogP contribution in [0, 0.1) is 0 Å². The van der Waals surface area contributed by atoms with Crippen LogP contribution in [0.1, 0.15) is 13.0 Å². The van der Waals surface area contributed by atoms with Gasteiger partial charge in [-0.1, -0.05) is 18.2 Å². The van der Waals surface area contributed by atoms with Crippen LogP contribution in [0.25, 0.3) is 10.9 Å². The summed E-state index contributed by atoms with van der Waals surface area (Å²) in [6.07, 6.45) is 1.81. The summed E-state index contributed by atoms with van der Waals surface area (Å²) in [5.74, 6) is -0.830. The Bertz CT molecular complexity index is 518. The second-order valence-electron chi connectivity index (χ2n) is 3.42. The molecule has 0 radical (unpaired) electrons. The first kappa shape index (κ1) is 10.2. The second-order valence-corrected chi connectivity index (χ2v) is 4.27. The third kappa shape index (κ3) is 1.65. The van der Waals surface area contributed by atoms with E-state index in [4.69, 9.17) is 5.11 Å². The SMILES string of the molecule is C[C@H](C(=O)O)n1cc(Br)c2ccccc21. The predicted octanol–water partition coefficient (Wildman–Crippen LogP) is 3.05. The zero-order chi connectivity index (χ0) is 11.0. The van der Waals surface area contributed by atoms with Crippen LogP contribution in [0.3, 0.4) is 0 Å². The summed E-state index contributed by atoms with van der Waals surface area (Å²) >= 11 is 3.42. The van der Waals surface area contributed by atoms with Gasteiger partial charge in [0.05, 0.1) is 0 Å². The van der Waals surface area contributed by atoms with Gasteiger partial charge in [0.2, 0.25) is 0 Å². The normalized spacial score (nSPS) is 12.9. The molecule has 0 aliphatic heterocycles. The smallest absolute Gasteiger partial charge is 0.326 e. The molecular formula is C11H10BrNO2. The van der Waals surface area contributed by atoms with E-state index in [2.05, 4.69) is 15.9 Å². The van der Waals surface area contributed by atoms with E-state index < -0.39 is 12.0 Å². The van der Waals surface area contributed by atoms with E-state index in [1.807, 2.05) is 30.5 Å². The second kappa shape index (κ2) is 3.70. The molecule has 78 valence electrons. The zero-order valence-electron chi connectivity index (χ0n) is 8.14. The molecule has 0 saturated heterocycles. The van der Waals surface area contributed by atoms with Crippen LogP contribution >= 0.6 is 15.9 Å². The number of aromatic nitrogens is 1. The van der Waals surface area contributed by atoms with E-state index in [-0.39, 0.29) is 0 Å². The number of benzene rings is 1. The van der Waals surface area contributed by atoms with Crippen LogP contribution in [0.2, 0.25) is 0 Å². The number of fused-ring (bicyclic) bond motifs is 1. The van der Waals surface area contributed by atoms with Crippen molar-refractivity contribution in [2.75, 3.05) is 0 Å². The largest absolute Gasteiger partial charge is 0.480 e. The van der Waals surface area contributed by atoms with Crippen molar-refractivity contribution in [3.63, 3.8) is 0 Å². The van der Waals surface area contributed by atoms with E-state index in [1.165, 1.54) is 0 Å². The Balaban J connectivity index is 2.67. The Hall–Kier alpha value is -1.29. The number of carbonyl (C=O) groups is 1. The molecule has 0 aliphatic rings. The third-order valence-electron chi connectivity index (χ3n) is 2.47. The lowest BCUT2D eigenvalue weighted by Crippen LogP contribution is -2.14. The highest BCUT2D eigenvalue weighted by molar-refractivity contribution is 9.10. The number of carboxylic acid groups (broad SMARTS) is 1. The standard InChI is InChI=1S/C11H10BrNO2/c1-7(11(14)15)13-6-9(12)8-4-2-3-5-10(8)13/h2-7H,1H3,(H,14,15)/t7-/m1/s1. The highest BCUT2D eigenvalue weighted by Gasteiger charge is 2.16. The van der Waals surface area contributed by atoms with E-state index in [0.717, 1.165) is 15.4 Å². The van der Waals surface area contributed by atoms with Gasteiger partial charge in [0, 0.05) is 21.6 Å². The van der Waals surface area contributed by atoms with Crippen molar-refractivity contribution in [1.29, 1.82) is 0 Å². The highest BCUT2D eigenvalue weighted by Crippen LogP contribution is 2.28. The fourth-order valence-electron chi connectivity index (χ4n) is 1.60. The average Bonchev–Trinajstić information content (AvgIpc) is 2.56. The number of carboxylic acids is 1. The van der Waals surface area contributed by atoms with Crippen LogP contribution < -0.4 is 0 Å². The molecule has 4 heteroatoms. The molecule has 0 amide bonds. The van der Waals surface area contributed by atoms with Gasteiger partial charge in [0.15, 0.2) is 0 Å². The van der Waals surface area contributed by atoms with Gasteiger partial charge in [-0.2, -0.15) is 0 Å². The van der Waals surface area contributed by atoms with E-state index >= 15 is 0 Å². The van der Waals surface area contributed by atoms with Gasteiger partial charge in [0.25, 0.3) is 0 Å². The number of rotatable bonds is 2. The fraction of sp³-hybridized carbons (Fsp3) is 0.182. The van der Waals surface area contributed by atoms with E-state index in [1.54, 1.807) is 11.5 Å². The quantitative estimate of drug-likeness (QED) is 0.909. The van der Waals surface area contributed by atoms with Crippen LogP contribution in [0.4, 0.5) is 0 Å². The van der Waals surface area contributed by atoms with Gasteiger partial charge < -0.3 is 9.67 Å². The van der Waals surface area contributed by atoms with E-state index in [0.29, 0.717) is 0 Å². The molecule has 3 nitrogen and oxygen atoms in total. The number of nitrogens with zero attached hydrogens (tertiary/aromatic N) is 1. The van der Waals surface area contributed by atoms with Gasteiger partial charge in [-0.25, -0.2) is 4.79 Å². The Labute approximate surface area is 95.5 Å². The number of aliphatic carboxylic acids is 1. The number of hydrogen-bond donors (Lipinski definition) is 1. The molecule has 1 aromatic carbocycles. The van der Waals surface area contributed by atoms with Gasteiger partial charge in [0.1, 0.15) is 6.04 Å². The lowest BCUT2D eigenvalue weighted by atomic mass is 10.2. The van der Waals surface area contributed by atoms with Crippen molar-refractivity contribution in [2.45, 2.75) is 13.0 Å². The van der Waals surface area contributed by atoms with Gasteiger partial charge in [-0.15, -0.1) is 0 Å². The Kier molecular flexibility index (Phi) is 2.52. The summed E-state index contributed by atoms with van der Waals surface area (Å²) in [7, 11) is 0. The van der Waals surface area contributed by atoms with Crippen LogP contribution in [0.5, 0.6) is 0 Å². The van der Waals surface area contributed by atoms with Gasteiger partial charge >= 0.3 is 5.97 Å². The maximum Gasteiger partial charge on any atom is 0.326 e. The molecular weight excluding hydrogens is 258 g/mol. The summed E-state index contributed by atoms with van der Waals surface area (Å²) in [5.41, 5.74) is 0.930. The highest BCUT2D eigenvalue weighted by atomic mass is 79.9. The maximum absolute atomic E-state index is 10.9. The summed E-state index contributed by atoms with van der Waals surface area (Å²) in [4.78, 5) is 10.9. The molecule has 0 bridgehead atoms. The molecule has 2 aromatic rings. The lowest BCUT2D eigenvalue weighted by molar-refractivity contribution is -0.140. The lowest BCUT2D eigenvalue weighted by Gasteiger charge is -2.09. The van der Waals surface area contributed by atoms with Crippen molar-refractivity contribution in [1.82, 2.24) is 4.57 Å². The first-order valence-electron chi connectivity index (χ1n) is 4.59. The molecule has 1 heterocycles. The van der Waals surface area contributed by atoms with Crippen molar-refractivity contribution in [3.05, 3.63) is 34.9 Å². The molecule has 1 atom stereocenters. The molecule has 1 aromatic heterocycles. The molecule has 0 aliphatic carbocycles. The van der Waals surface area contributed by atoms with Crippen molar-refractivity contribution in [2.24, 2.45) is 0 Å². The Morgan fingerprint density at radius 2 is 2.13 bits per heavy atom. The molecule has 1 N–H and O–H groups in total. The predicted molar refractivity (Wildman–Crippen MR) is 62.0 cm³/mol. The number of hydrogen-bond acceptors (Lipinski definition) is 1. The zero-order valence-corrected chi connectivity index (χ0v) is 9.73. The Morgan fingerprint density at radius 1 is 1.47 bits per heavy atom. The Morgan fingerprint density at radius 3 is 2.80 bits per heavy atom. The minimum absolute atomic E-state index is 0.554. The average molecular weight is 268 g/mol. The topological polar surface area (TPSA) is 42.2 Å². The number of para-hydroxylation sites is 1. The van der Waals surface area contributed by atoms with E-state index in [9.17, 15) is 4.79 Å². The fourth-order valence-corrected chi connectivity index (χ4v) is 2.16. The molecule has 0 spiro atoms. The summed E-state index contributed by atoms with van der Waals surface area (Å²) in [6, 6.07) is 7.16. The van der Waals surface area contributed by atoms with Crippen LogP contribution in [-0.2, 0) is 4.79 Å². The summed E-state index contributed by atoms with van der Waals surface area (Å²) in [5, 5.41) is 10.0. The van der Waals surface area contributed by atoms with Gasteiger partial charge in [-0.3, -0.25) is 0 Å². The molecule has 0 fully saturated rings. The first-order chi connectivity index (χ1) is 7.11. The van der Waals surface area contributed by atoms with Crippen molar-refractivity contribution < 1.29 is 9.90 Å². The molecule has 0 unspecified atom stereocenters. The third-order valence-corrected chi connectivity index (χ3v) is 3.10.